The molecule has 0 aromatic carbocycles. The topological polar surface area (TPSA) is 84.0 Å². The molecule has 3 saturated heterocycles. The first kappa shape index (κ1) is 21.1. The molecule has 10 nitrogen and oxygen atoms in total. The van der Waals surface area contributed by atoms with Gasteiger partial charge in [-0.2, -0.15) is 0 Å². The van der Waals surface area contributed by atoms with Gasteiger partial charge in [-0.1, -0.05) is 0 Å². The number of amides is 4. The SMILES string of the molecule is O=C1N2CCOCCOCCN3CCN(CCOCCOCCN1CC2)C3=O. The van der Waals surface area contributed by atoms with Crippen molar-refractivity contribution in [3.63, 3.8) is 0 Å². The van der Waals surface area contributed by atoms with Crippen LogP contribution < -0.4 is 0 Å². The molecule has 0 aromatic heterocycles. The van der Waals surface area contributed by atoms with Crippen molar-refractivity contribution in [2.24, 2.45) is 0 Å². The molecule has 0 aromatic rings. The molecule has 3 aliphatic rings. The average molecular weight is 400 g/mol. The summed E-state index contributed by atoms with van der Waals surface area (Å²) in [5.41, 5.74) is 0. The van der Waals surface area contributed by atoms with Crippen LogP contribution in [0.15, 0.2) is 0 Å². The number of fused-ring (bicyclic) bond motifs is 4. The summed E-state index contributed by atoms with van der Waals surface area (Å²) in [5, 5.41) is 0. The third-order valence-electron chi connectivity index (χ3n) is 5.13. The molecule has 28 heavy (non-hydrogen) atoms. The van der Waals surface area contributed by atoms with Crippen LogP contribution in [0, 0.1) is 0 Å². The van der Waals surface area contributed by atoms with E-state index in [4.69, 9.17) is 18.9 Å². The number of rotatable bonds is 0. The Morgan fingerprint density at radius 3 is 0.893 bits per heavy atom. The highest BCUT2D eigenvalue weighted by molar-refractivity contribution is 5.76. The van der Waals surface area contributed by atoms with E-state index in [2.05, 4.69) is 0 Å². The van der Waals surface area contributed by atoms with Crippen LogP contribution in [0.2, 0.25) is 0 Å². The molecule has 3 heterocycles. The zero-order valence-electron chi connectivity index (χ0n) is 16.6. The van der Waals surface area contributed by atoms with Gasteiger partial charge in [0.1, 0.15) is 0 Å². The second-order valence-corrected chi connectivity index (χ2v) is 6.96. The van der Waals surface area contributed by atoms with E-state index < -0.39 is 0 Å². The molecule has 0 aliphatic carbocycles. The van der Waals surface area contributed by atoms with Gasteiger partial charge in [-0.25, -0.2) is 9.59 Å². The minimum atomic E-state index is 0.0464. The van der Waals surface area contributed by atoms with Crippen molar-refractivity contribution in [3.05, 3.63) is 0 Å². The summed E-state index contributed by atoms with van der Waals surface area (Å²) in [6.45, 7) is 9.16. The van der Waals surface area contributed by atoms with E-state index in [1.54, 1.807) is 19.6 Å². The van der Waals surface area contributed by atoms with Crippen LogP contribution in [0.1, 0.15) is 0 Å². The second-order valence-electron chi connectivity index (χ2n) is 6.96. The molecular weight excluding hydrogens is 368 g/mol. The van der Waals surface area contributed by atoms with E-state index in [-0.39, 0.29) is 12.1 Å². The molecule has 0 atom stereocenters. The predicted octanol–water partition coefficient (Wildman–Crippen LogP) is -0.458. The molecule has 0 spiro atoms. The molecule has 4 amide bonds. The van der Waals surface area contributed by atoms with Gasteiger partial charge in [0.05, 0.1) is 52.9 Å². The van der Waals surface area contributed by atoms with Crippen molar-refractivity contribution in [1.29, 1.82) is 0 Å². The van der Waals surface area contributed by atoms with E-state index >= 15 is 0 Å². The van der Waals surface area contributed by atoms with Gasteiger partial charge in [0.2, 0.25) is 0 Å². The summed E-state index contributed by atoms with van der Waals surface area (Å²) in [5.74, 6) is 0. The van der Waals surface area contributed by atoms with Crippen LogP contribution in [0.4, 0.5) is 9.59 Å². The summed E-state index contributed by atoms with van der Waals surface area (Å²) in [7, 11) is 0. The molecule has 4 bridgehead atoms. The third-order valence-corrected chi connectivity index (χ3v) is 5.13. The molecule has 3 fully saturated rings. The summed E-state index contributed by atoms with van der Waals surface area (Å²) < 4.78 is 22.3. The predicted molar refractivity (Wildman–Crippen MR) is 100 cm³/mol. The van der Waals surface area contributed by atoms with E-state index in [1.165, 1.54) is 0 Å². The molecule has 0 unspecified atom stereocenters. The summed E-state index contributed by atoms with van der Waals surface area (Å²) in [6.07, 6.45) is 0. The number of urea groups is 2. The van der Waals surface area contributed by atoms with Crippen molar-refractivity contribution in [1.82, 2.24) is 19.6 Å². The number of hydrogen-bond donors (Lipinski definition) is 0. The van der Waals surface area contributed by atoms with Gasteiger partial charge < -0.3 is 38.5 Å². The van der Waals surface area contributed by atoms with Gasteiger partial charge in [-0.3, -0.25) is 0 Å². The molecule has 3 aliphatic heterocycles. The van der Waals surface area contributed by atoms with Crippen molar-refractivity contribution in [2.75, 3.05) is 105 Å². The third kappa shape index (κ3) is 6.20. The minimum Gasteiger partial charge on any atom is -0.377 e. The summed E-state index contributed by atoms with van der Waals surface area (Å²) in [6, 6.07) is 0.0927. The first-order valence-corrected chi connectivity index (χ1v) is 10.1. The Hall–Kier alpha value is -1.62. The van der Waals surface area contributed by atoms with Crippen LogP contribution in [-0.2, 0) is 18.9 Å². The van der Waals surface area contributed by atoms with Crippen molar-refractivity contribution >= 4 is 12.1 Å². The summed E-state index contributed by atoms with van der Waals surface area (Å²) >= 11 is 0. The Kier molecular flexibility index (Phi) is 8.59. The van der Waals surface area contributed by atoms with Gasteiger partial charge in [0.25, 0.3) is 0 Å². The van der Waals surface area contributed by atoms with Gasteiger partial charge in [0, 0.05) is 52.4 Å². The van der Waals surface area contributed by atoms with Crippen LogP contribution in [0.3, 0.4) is 0 Å². The Morgan fingerprint density at radius 1 is 0.393 bits per heavy atom. The summed E-state index contributed by atoms with van der Waals surface area (Å²) in [4.78, 5) is 31.8. The standard InChI is InChI=1S/C18H32N4O6/c23-17-19-1-2-20(17)6-10-26-15-16-28-12-8-22-4-3-21(18(22)24)7-11-27-14-13-25-9-5-19/h1-16H2. The fraction of sp³-hybridized carbons (Fsp3) is 0.889. The maximum Gasteiger partial charge on any atom is 0.320 e. The normalized spacial score (nSPS) is 25.0. The van der Waals surface area contributed by atoms with Crippen LogP contribution >= 0.6 is 0 Å². The fourth-order valence-electron chi connectivity index (χ4n) is 3.44. The van der Waals surface area contributed by atoms with E-state index in [0.717, 1.165) is 26.2 Å². The van der Waals surface area contributed by atoms with Crippen molar-refractivity contribution < 1.29 is 28.5 Å². The molecule has 160 valence electrons. The van der Waals surface area contributed by atoms with Crippen molar-refractivity contribution in [3.8, 4) is 0 Å². The zero-order valence-corrected chi connectivity index (χ0v) is 16.6. The number of ether oxygens (including phenoxy) is 4. The lowest BCUT2D eigenvalue weighted by molar-refractivity contribution is 0.0344. The number of nitrogens with zero attached hydrogens (tertiary/aromatic N) is 4. The van der Waals surface area contributed by atoms with E-state index in [9.17, 15) is 9.59 Å². The maximum atomic E-state index is 12.3. The van der Waals surface area contributed by atoms with E-state index in [1.807, 2.05) is 0 Å². The highest BCUT2D eigenvalue weighted by Gasteiger charge is 2.28. The Labute approximate surface area is 166 Å². The second kappa shape index (κ2) is 11.4. The van der Waals surface area contributed by atoms with Gasteiger partial charge in [-0.15, -0.1) is 0 Å². The van der Waals surface area contributed by atoms with Gasteiger partial charge >= 0.3 is 12.1 Å². The Morgan fingerprint density at radius 2 is 0.643 bits per heavy atom. The van der Waals surface area contributed by atoms with Crippen molar-refractivity contribution in [2.45, 2.75) is 0 Å². The Bertz CT molecular complexity index is 424. The number of hydrogen-bond acceptors (Lipinski definition) is 6. The molecule has 3 rings (SSSR count). The lowest BCUT2D eigenvalue weighted by Gasteiger charge is -2.20. The first-order chi connectivity index (χ1) is 13.8. The lowest BCUT2D eigenvalue weighted by Crippen LogP contribution is -2.36. The molecular formula is C18H32N4O6. The van der Waals surface area contributed by atoms with Crippen LogP contribution in [0.5, 0.6) is 0 Å². The molecule has 0 saturated carbocycles. The highest BCUT2D eigenvalue weighted by atomic mass is 16.5. The smallest absolute Gasteiger partial charge is 0.320 e. The number of carbonyl (C=O) groups is 2. The van der Waals surface area contributed by atoms with E-state index in [0.29, 0.717) is 79.0 Å². The van der Waals surface area contributed by atoms with Gasteiger partial charge in [-0.05, 0) is 0 Å². The first-order valence-electron chi connectivity index (χ1n) is 10.1. The number of carbonyl (C=O) groups excluding carboxylic acids is 2. The minimum absolute atomic E-state index is 0.0464. The quantitative estimate of drug-likeness (QED) is 0.547. The molecule has 0 N–H and O–H groups in total. The average Bonchev–Trinajstić information content (AvgIpc) is 3.22. The molecule has 10 heteroatoms. The van der Waals surface area contributed by atoms with Crippen LogP contribution in [0.25, 0.3) is 0 Å². The maximum absolute atomic E-state index is 12.3. The van der Waals surface area contributed by atoms with Crippen LogP contribution in [-0.4, -0.2) is 137 Å². The monoisotopic (exact) mass is 400 g/mol. The largest absolute Gasteiger partial charge is 0.377 e. The van der Waals surface area contributed by atoms with Gasteiger partial charge in [0.15, 0.2) is 0 Å². The highest BCUT2D eigenvalue weighted by Crippen LogP contribution is 2.09. The fourth-order valence-corrected chi connectivity index (χ4v) is 3.44. The Balaban J connectivity index is 1.41. The zero-order chi connectivity index (χ0) is 19.6. The lowest BCUT2D eigenvalue weighted by atomic mass is 10.5. The molecule has 0 radical (unpaired) electrons.